The van der Waals surface area contributed by atoms with Gasteiger partial charge in [-0.3, -0.25) is 0 Å². The molecule has 2 fully saturated rings. The van der Waals surface area contributed by atoms with E-state index in [1.165, 1.54) is 71.2 Å². The van der Waals surface area contributed by atoms with E-state index >= 15 is 0 Å². The average molecular weight is 196 g/mol. The van der Waals surface area contributed by atoms with Crippen LogP contribution in [0.1, 0.15) is 38.5 Å². The maximum absolute atomic E-state index is 3.55. The molecule has 82 valence electrons. The van der Waals surface area contributed by atoms with Crippen LogP contribution >= 0.6 is 0 Å². The number of rotatable bonds is 7. The van der Waals surface area contributed by atoms with Crippen LogP contribution in [0.4, 0.5) is 0 Å². The summed E-state index contributed by atoms with van der Waals surface area (Å²) in [5.74, 6) is 1.08. The van der Waals surface area contributed by atoms with Crippen LogP contribution < -0.4 is 5.32 Å². The summed E-state index contributed by atoms with van der Waals surface area (Å²) in [6.07, 6.45) is 8.60. The molecule has 2 aliphatic rings. The summed E-state index contributed by atoms with van der Waals surface area (Å²) in [6, 6.07) is 0. The Morgan fingerprint density at radius 3 is 2.57 bits per heavy atom. The van der Waals surface area contributed by atoms with Gasteiger partial charge in [-0.15, -0.1) is 0 Å². The van der Waals surface area contributed by atoms with Gasteiger partial charge in [0.25, 0.3) is 0 Å². The molecule has 0 radical (unpaired) electrons. The molecule has 2 nitrogen and oxygen atoms in total. The van der Waals surface area contributed by atoms with Gasteiger partial charge in [0.05, 0.1) is 0 Å². The van der Waals surface area contributed by atoms with Crippen molar-refractivity contribution in [3.8, 4) is 0 Å². The molecule has 0 unspecified atom stereocenters. The van der Waals surface area contributed by atoms with Crippen LogP contribution in [-0.2, 0) is 0 Å². The smallest absolute Gasteiger partial charge is 0.000664 e. The maximum Gasteiger partial charge on any atom is -0.000664 e. The Labute approximate surface area is 88.1 Å². The van der Waals surface area contributed by atoms with Gasteiger partial charge in [-0.25, -0.2) is 0 Å². The van der Waals surface area contributed by atoms with Gasteiger partial charge in [-0.2, -0.15) is 0 Å². The van der Waals surface area contributed by atoms with Crippen LogP contribution in [0.25, 0.3) is 0 Å². The molecule has 1 aliphatic carbocycles. The molecule has 0 aromatic rings. The fourth-order valence-electron chi connectivity index (χ4n) is 2.27. The summed E-state index contributed by atoms with van der Waals surface area (Å²) in [6.45, 7) is 6.49. The molecule has 0 amide bonds. The van der Waals surface area contributed by atoms with E-state index in [2.05, 4.69) is 10.2 Å². The first-order valence-electron chi connectivity index (χ1n) is 6.38. The first kappa shape index (κ1) is 10.4. The van der Waals surface area contributed by atoms with Crippen LogP contribution in [0.3, 0.4) is 0 Å². The van der Waals surface area contributed by atoms with Crippen LogP contribution in [0.5, 0.6) is 0 Å². The molecule has 2 heteroatoms. The number of likely N-dealkylation sites (tertiary alicyclic amines) is 1. The van der Waals surface area contributed by atoms with E-state index in [4.69, 9.17) is 0 Å². The zero-order valence-electron chi connectivity index (χ0n) is 9.30. The fourth-order valence-corrected chi connectivity index (χ4v) is 2.27. The molecule has 1 saturated heterocycles. The monoisotopic (exact) mass is 196 g/mol. The van der Waals surface area contributed by atoms with Gasteiger partial charge in [0, 0.05) is 0 Å². The molecule has 0 atom stereocenters. The summed E-state index contributed by atoms with van der Waals surface area (Å²) in [5, 5.41) is 3.55. The molecule has 1 heterocycles. The minimum Gasteiger partial charge on any atom is -0.317 e. The molecule has 1 N–H and O–H groups in total. The summed E-state index contributed by atoms with van der Waals surface area (Å²) in [4.78, 5) is 2.60. The van der Waals surface area contributed by atoms with Crippen molar-refractivity contribution >= 4 is 0 Å². The van der Waals surface area contributed by atoms with Crippen molar-refractivity contribution in [2.45, 2.75) is 38.5 Å². The van der Waals surface area contributed by atoms with E-state index in [1.54, 1.807) is 0 Å². The molecule has 1 aliphatic heterocycles. The molecule has 0 bridgehead atoms. The first-order chi connectivity index (χ1) is 6.95. The van der Waals surface area contributed by atoms with Gasteiger partial charge in [-0.05, 0) is 64.3 Å². The predicted octanol–water partition coefficient (Wildman–Crippen LogP) is 1.86. The van der Waals surface area contributed by atoms with Crippen molar-refractivity contribution in [2.75, 3.05) is 32.7 Å². The SMILES string of the molecule is C1CCN(CCCNCCC2CC2)C1. The van der Waals surface area contributed by atoms with E-state index < -0.39 is 0 Å². The second-order valence-corrected chi connectivity index (χ2v) is 4.88. The van der Waals surface area contributed by atoms with Crippen molar-refractivity contribution < 1.29 is 0 Å². The second-order valence-electron chi connectivity index (χ2n) is 4.88. The fraction of sp³-hybridized carbons (Fsp3) is 1.00. The highest BCUT2D eigenvalue weighted by Gasteiger charge is 2.19. The van der Waals surface area contributed by atoms with E-state index in [0.717, 1.165) is 5.92 Å². The lowest BCUT2D eigenvalue weighted by Crippen LogP contribution is -2.25. The lowest BCUT2D eigenvalue weighted by atomic mass is 10.3. The number of hydrogen-bond acceptors (Lipinski definition) is 2. The zero-order valence-corrected chi connectivity index (χ0v) is 9.30. The second kappa shape index (κ2) is 5.72. The largest absolute Gasteiger partial charge is 0.317 e. The van der Waals surface area contributed by atoms with E-state index in [0.29, 0.717) is 0 Å². The van der Waals surface area contributed by atoms with Crippen LogP contribution in [-0.4, -0.2) is 37.6 Å². The highest BCUT2D eigenvalue weighted by Crippen LogP contribution is 2.31. The van der Waals surface area contributed by atoms with Gasteiger partial charge >= 0.3 is 0 Å². The minimum absolute atomic E-state index is 1.08. The van der Waals surface area contributed by atoms with Crippen molar-refractivity contribution in [2.24, 2.45) is 5.92 Å². The van der Waals surface area contributed by atoms with Crippen LogP contribution in [0.15, 0.2) is 0 Å². The summed E-state index contributed by atoms with van der Waals surface area (Å²) in [5.41, 5.74) is 0. The van der Waals surface area contributed by atoms with Crippen molar-refractivity contribution in [1.29, 1.82) is 0 Å². The number of nitrogens with zero attached hydrogens (tertiary/aromatic N) is 1. The first-order valence-corrected chi connectivity index (χ1v) is 6.38. The minimum atomic E-state index is 1.08. The van der Waals surface area contributed by atoms with E-state index in [1.807, 2.05) is 0 Å². The average Bonchev–Trinajstić information content (AvgIpc) is 2.87. The van der Waals surface area contributed by atoms with Gasteiger partial charge in [-0.1, -0.05) is 12.8 Å². The Morgan fingerprint density at radius 1 is 1.07 bits per heavy atom. The van der Waals surface area contributed by atoms with Gasteiger partial charge in [0.2, 0.25) is 0 Å². The molecule has 1 saturated carbocycles. The molecule has 0 aromatic carbocycles. The summed E-state index contributed by atoms with van der Waals surface area (Å²) in [7, 11) is 0. The Kier molecular flexibility index (Phi) is 4.26. The standard InChI is InChI=1S/C12H24N2/c1-2-10-14(9-1)11-3-7-13-8-6-12-4-5-12/h12-13H,1-11H2. The van der Waals surface area contributed by atoms with Crippen molar-refractivity contribution in [1.82, 2.24) is 10.2 Å². The van der Waals surface area contributed by atoms with Gasteiger partial charge < -0.3 is 10.2 Å². The predicted molar refractivity (Wildman–Crippen MR) is 60.5 cm³/mol. The van der Waals surface area contributed by atoms with Crippen molar-refractivity contribution in [3.63, 3.8) is 0 Å². The highest BCUT2D eigenvalue weighted by atomic mass is 15.1. The Balaban J connectivity index is 1.35. The lowest BCUT2D eigenvalue weighted by molar-refractivity contribution is 0.331. The van der Waals surface area contributed by atoms with Crippen molar-refractivity contribution in [3.05, 3.63) is 0 Å². The summed E-state index contributed by atoms with van der Waals surface area (Å²) < 4.78 is 0. The highest BCUT2D eigenvalue weighted by molar-refractivity contribution is 4.73. The summed E-state index contributed by atoms with van der Waals surface area (Å²) >= 11 is 0. The third-order valence-corrected chi connectivity index (χ3v) is 3.45. The van der Waals surface area contributed by atoms with E-state index in [-0.39, 0.29) is 0 Å². The molecule has 14 heavy (non-hydrogen) atoms. The van der Waals surface area contributed by atoms with Gasteiger partial charge in [0.1, 0.15) is 0 Å². The molecule has 2 rings (SSSR count). The normalized spacial score (nSPS) is 23.1. The Morgan fingerprint density at radius 2 is 1.86 bits per heavy atom. The molecule has 0 aromatic heterocycles. The topological polar surface area (TPSA) is 15.3 Å². The van der Waals surface area contributed by atoms with Crippen LogP contribution in [0.2, 0.25) is 0 Å². The Hall–Kier alpha value is -0.0800. The molecular formula is C12H24N2. The number of hydrogen-bond donors (Lipinski definition) is 1. The van der Waals surface area contributed by atoms with Crippen LogP contribution in [0, 0.1) is 5.92 Å². The Bertz CT molecular complexity index is 148. The lowest BCUT2D eigenvalue weighted by Gasteiger charge is -2.14. The van der Waals surface area contributed by atoms with Gasteiger partial charge in [0.15, 0.2) is 0 Å². The number of nitrogens with one attached hydrogen (secondary N) is 1. The third-order valence-electron chi connectivity index (χ3n) is 3.45. The maximum atomic E-state index is 3.55. The third kappa shape index (κ3) is 3.97. The van der Waals surface area contributed by atoms with E-state index in [9.17, 15) is 0 Å². The molecule has 0 spiro atoms. The quantitative estimate of drug-likeness (QED) is 0.625. The zero-order chi connectivity index (χ0) is 9.64. The molecular weight excluding hydrogens is 172 g/mol.